The summed E-state index contributed by atoms with van der Waals surface area (Å²) in [7, 11) is 0. The van der Waals surface area contributed by atoms with Crippen molar-refractivity contribution in [2.24, 2.45) is 0 Å². The molecule has 2 amide bonds. The Labute approximate surface area is 106 Å². The highest BCUT2D eigenvalue weighted by Crippen LogP contribution is 2.18. The van der Waals surface area contributed by atoms with Gasteiger partial charge in [0.1, 0.15) is 6.04 Å². The molecule has 1 aliphatic rings. The van der Waals surface area contributed by atoms with E-state index in [1.807, 2.05) is 0 Å². The third kappa shape index (κ3) is 4.15. The molecule has 7 nitrogen and oxygen atoms in total. The minimum atomic E-state index is -1.13. The summed E-state index contributed by atoms with van der Waals surface area (Å²) >= 11 is 0. The number of likely N-dealkylation sites (tertiary alicyclic amines) is 1. The average molecular weight is 260 g/mol. The maximum Gasteiger partial charge on any atom is 0.342 e. The fourth-order valence-corrected chi connectivity index (χ4v) is 1.68. The SMILES string of the molecule is CC(C)(C)ONC(=O)N1CC[C@@H](O)C[C@@H]1C(=O)O. The van der Waals surface area contributed by atoms with Gasteiger partial charge in [-0.05, 0) is 27.2 Å². The quantitative estimate of drug-likeness (QED) is 0.622. The summed E-state index contributed by atoms with van der Waals surface area (Å²) in [5, 5.41) is 18.5. The van der Waals surface area contributed by atoms with Crippen LogP contribution >= 0.6 is 0 Å². The second kappa shape index (κ2) is 5.53. The van der Waals surface area contributed by atoms with Crippen LogP contribution in [-0.2, 0) is 9.63 Å². The second-order valence-corrected chi connectivity index (χ2v) is 5.35. The lowest BCUT2D eigenvalue weighted by Crippen LogP contribution is -2.55. The van der Waals surface area contributed by atoms with E-state index >= 15 is 0 Å². The highest BCUT2D eigenvalue weighted by atomic mass is 16.7. The van der Waals surface area contributed by atoms with Gasteiger partial charge in [-0.25, -0.2) is 15.1 Å². The van der Waals surface area contributed by atoms with Crippen LogP contribution in [-0.4, -0.2) is 51.4 Å². The largest absolute Gasteiger partial charge is 0.480 e. The first-order chi connectivity index (χ1) is 8.20. The number of carboxylic acids is 1. The molecule has 0 saturated carbocycles. The number of carbonyl (C=O) groups is 2. The van der Waals surface area contributed by atoms with Crippen molar-refractivity contribution in [2.45, 2.75) is 51.4 Å². The van der Waals surface area contributed by atoms with Gasteiger partial charge in [-0.1, -0.05) is 0 Å². The number of urea groups is 1. The number of rotatable bonds is 2. The predicted octanol–water partition coefficient (Wildman–Crippen LogP) is 0.336. The fourth-order valence-electron chi connectivity index (χ4n) is 1.68. The Balaban J connectivity index is 2.62. The Morgan fingerprint density at radius 3 is 2.50 bits per heavy atom. The highest BCUT2D eigenvalue weighted by Gasteiger charge is 2.36. The molecular formula is C11H20N2O5. The van der Waals surface area contributed by atoms with Crippen LogP contribution in [0.15, 0.2) is 0 Å². The number of hydroxylamine groups is 1. The Kier molecular flexibility index (Phi) is 4.53. The Morgan fingerprint density at radius 2 is 2.00 bits per heavy atom. The molecule has 0 aromatic rings. The normalized spacial score (nSPS) is 24.8. The Morgan fingerprint density at radius 1 is 1.39 bits per heavy atom. The van der Waals surface area contributed by atoms with Gasteiger partial charge in [-0.2, -0.15) is 0 Å². The van der Waals surface area contributed by atoms with E-state index in [1.54, 1.807) is 20.8 Å². The van der Waals surface area contributed by atoms with E-state index in [0.29, 0.717) is 6.42 Å². The lowest BCUT2D eigenvalue weighted by molar-refractivity contribution is -0.145. The van der Waals surface area contributed by atoms with E-state index in [2.05, 4.69) is 5.48 Å². The van der Waals surface area contributed by atoms with E-state index in [9.17, 15) is 14.7 Å². The number of amides is 2. The van der Waals surface area contributed by atoms with Crippen LogP contribution in [0.5, 0.6) is 0 Å². The molecule has 0 unspecified atom stereocenters. The van der Waals surface area contributed by atoms with Crippen LogP contribution in [0.2, 0.25) is 0 Å². The number of nitrogens with one attached hydrogen (secondary N) is 1. The zero-order valence-corrected chi connectivity index (χ0v) is 10.8. The molecule has 1 rings (SSSR count). The van der Waals surface area contributed by atoms with Crippen molar-refractivity contribution >= 4 is 12.0 Å². The van der Waals surface area contributed by atoms with E-state index in [-0.39, 0.29) is 13.0 Å². The molecule has 0 bridgehead atoms. The standard InChI is InChI=1S/C11H20N2O5/c1-11(2,3)18-12-10(17)13-5-4-7(14)6-8(13)9(15)16/h7-8,14H,4-6H2,1-3H3,(H,12,17)(H,15,16)/t7-,8-/m1/s1. The smallest absolute Gasteiger partial charge is 0.342 e. The Hall–Kier alpha value is -1.34. The minimum absolute atomic E-state index is 0.0400. The van der Waals surface area contributed by atoms with Crippen molar-refractivity contribution in [3.63, 3.8) is 0 Å². The third-order valence-corrected chi connectivity index (χ3v) is 2.57. The molecule has 3 N–H and O–H groups in total. The van der Waals surface area contributed by atoms with Crippen molar-refractivity contribution < 1.29 is 24.6 Å². The molecule has 1 saturated heterocycles. The molecule has 1 heterocycles. The predicted molar refractivity (Wildman–Crippen MR) is 62.7 cm³/mol. The highest BCUT2D eigenvalue weighted by molar-refractivity contribution is 5.82. The van der Waals surface area contributed by atoms with Gasteiger partial charge in [0.25, 0.3) is 0 Å². The summed E-state index contributed by atoms with van der Waals surface area (Å²) in [5.41, 5.74) is 1.68. The van der Waals surface area contributed by atoms with Gasteiger partial charge in [0.05, 0.1) is 11.7 Å². The molecule has 7 heteroatoms. The molecule has 1 aliphatic heterocycles. The zero-order chi connectivity index (χ0) is 13.9. The molecule has 104 valence electrons. The van der Waals surface area contributed by atoms with Crippen molar-refractivity contribution in [3.05, 3.63) is 0 Å². The summed E-state index contributed by atoms with van der Waals surface area (Å²) in [6.07, 6.45) is -0.274. The van der Waals surface area contributed by atoms with E-state index in [1.165, 1.54) is 4.90 Å². The van der Waals surface area contributed by atoms with Crippen LogP contribution in [0.1, 0.15) is 33.6 Å². The van der Waals surface area contributed by atoms with Gasteiger partial charge in [-0.15, -0.1) is 0 Å². The van der Waals surface area contributed by atoms with Crippen LogP contribution in [0.3, 0.4) is 0 Å². The van der Waals surface area contributed by atoms with Gasteiger partial charge in [0, 0.05) is 13.0 Å². The molecule has 2 atom stereocenters. The van der Waals surface area contributed by atoms with E-state index in [4.69, 9.17) is 9.94 Å². The number of carboxylic acid groups (broad SMARTS) is 1. The molecular weight excluding hydrogens is 240 g/mol. The molecule has 0 aliphatic carbocycles. The molecule has 0 spiro atoms. The van der Waals surface area contributed by atoms with Crippen molar-refractivity contribution in [2.75, 3.05) is 6.54 Å². The maximum absolute atomic E-state index is 11.8. The first kappa shape index (κ1) is 14.7. The van der Waals surface area contributed by atoms with Crippen LogP contribution in [0.25, 0.3) is 0 Å². The Bertz CT molecular complexity index is 326. The van der Waals surface area contributed by atoms with Crippen LogP contribution in [0, 0.1) is 0 Å². The topological polar surface area (TPSA) is 99.1 Å². The van der Waals surface area contributed by atoms with Crippen LogP contribution in [0.4, 0.5) is 4.79 Å². The maximum atomic E-state index is 11.8. The number of aliphatic hydroxyl groups excluding tert-OH is 1. The number of hydrogen-bond donors (Lipinski definition) is 3. The summed E-state index contributed by atoms with van der Waals surface area (Å²) in [6, 6.07) is -1.61. The number of carbonyl (C=O) groups excluding carboxylic acids is 1. The lowest BCUT2D eigenvalue weighted by atomic mass is 10.00. The minimum Gasteiger partial charge on any atom is -0.480 e. The van der Waals surface area contributed by atoms with E-state index < -0.39 is 29.7 Å². The average Bonchev–Trinajstić information content (AvgIpc) is 2.24. The van der Waals surface area contributed by atoms with Crippen molar-refractivity contribution in [1.29, 1.82) is 0 Å². The monoisotopic (exact) mass is 260 g/mol. The molecule has 0 radical (unpaired) electrons. The summed E-state index contributed by atoms with van der Waals surface area (Å²) in [5.74, 6) is -1.13. The number of piperidine rings is 1. The van der Waals surface area contributed by atoms with E-state index in [0.717, 1.165) is 0 Å². The number of aliphatic carboxylic acids is 1. The van der Waals surface area contributed by atoms with Gasteiger partial charge < -0.3 is 15.1 Å². The number of nitrogens with zero attached hydrogens (tertiary/aromatic N) is 1. The second-order valence-electron chi connectivity index (χ2n) is 5.35. The zero-order valence-electron chi connectivity index (χ0n) is 10.8. The first-order valence-electron chi connectivity index (χ1n) is 5.86. The van der Waals surface area contributed by atoms with Gasteiger partial charge in [-0.3, -0.25) is 4.84 Å². The van der Waals surface area contributed by atoms with Gasteiger partial charge in [0.15, 0.2) is 0 Å². The fraction of sp³-hybridized carbons (Fsp3) is 0.818. The number of hydrogen-bond acceptors (Lipinski definition) is 4. The molecule has 0 aromatic heterocycles. The van der Waals surface area contributed by atoms with Crippen molar-refractivity contribution in [1.82, 2.24) is 10.4 Å². The number of aliphatic hydroxyl groups is 1. The van der Waals surface area contributed by atoms with Gasteiger partial charge >= 0.3 is 12.0 Å². The summed E-state index contributed by atoms with van der Waals surface area (Å²) in [6.45, 7) is 5.49. The van der Waals surface area contributed by atoms with Gasteiger partial charge in [0.2, 0.25) is 0 Å². The molecule has 0 aromatic carbocycles. The third-order valence-electron chi connectivity index (χ3n) is 2.57. The lowest BCUT2D eigenvalue weighted by Gasteiger charge is -2.35. The van der Waals surface area contributed by atoms with Crippen LogP contribution < -0.4 is 5.48 Å². The van der Waals surface area contributed by atoms with Crippen molar-refractivity contribution in [3.8, 4) is 0 Å². The summed E-state index contributed by atoms with van der Waals surface area (Å²) in [4.78, 5) is 29.1. The first-order valence-corrected chi connectivity index (χ1v) is 5.86. The molecule has 1 fully saturated rings. The summed E-state index contributed by atoms with van der Waals surface area (Å²) < 4.78 is 0. The molecule has 18 heavy (non-hydrogen) atoms.